The average molecular weight is 259 g/mol. The van der Waals surface area contributed by atoms with Crippen LogP contribution >= 0.6 is 0 Å². The molecule has 0 amide bonds. The molecule has 1 aliphatic rings. The Bertz CT molecular complexity index is 647. The summed E-state index contributed by atoms with van der Waals surface area (Å²) in [5.74, 6) is 0.151. The molecule has 20 heavy (non-hydrogen) atoms. The van der Waals surface area contributed by atoms with Gasteiger partial charge < -0.3 is 0 Å². The van der Waals surface area contributed by atoms with Gasteiger partial charge in [-0.2, -0.15) is 5.26 Å². The molecular formula is C19H17N. The fraction of sp³-hybridized carbons (Fsp3) is 0.211. The summed E-state index contributed by atoms with van der Waals surface area (Å²) < 4.78 is 0. The minimum atomic E-state index is 0.151. The first-order valence-electron chi connectivity index (χ1n) is 7.11. The molecule has 1 heteroatoms. The number of nitriles is 1. The maximum Gasteiger partial charge on any atom is 0.0659 e. The quantitative estimate of drug-likeness (QED) is 0.750. The monoisotopic (exact) mass is 259 g/mol. The molecule has 2 aromatic carbocycles. The molecule has 0 fully saturated rings. The first-order valence-corrected chi connectivity index (χ1v) is 7.11. The molecule has 3 rings (SSSR count). The van der Waals surface area contributed by atoms with Gasteiger partial charge in [-0.3, -0.25) is 0 Å². The highest BCUT2D eigenvalue weighted by molar-refractivity contribution is 5.91. The van der Waals surface area contributed by atoms with E-state index in [1.54, 1.807) is 0 Å². The van der Waals surface area contributed by atoms with Crippen molar-refractivity contribution in [3.63, 3.8) is 0 Å². The van der Waals surface area contributed by atoms with Crippen molar-refractivity contribution in [3.05, 3.63) is 71.8 Å². The Balaban J connectivity index is 2.10. The van der Waals surface area contributed by atoms with Crippen molar-refractivity contribution >= 4 is 11.1 Å². The summed E-state index contributed by atoms with van der Waals surface area (Å²) in [6, 6.07) is 23.5. The summed E-state index contributed by atoms with van der Waals surface area (Å²) in [5.41, 5.74) is 5.30. The van der Waals surface area contributed by atoms with E-state index in [2.05, 4.69) is 54.6 Å². The minimum absolute atomic E-state index is 0.151. The third kappa shape index (κ3) is 2.51. The van der Waals surface area contributed by atoms with Crippen molar-refractivity contribution in [2.45, 2.75) is 19.3 Å². The normalized spacial score (nSPS) is 18.6. The largest absolute Gasteiger partial charge is 0.198 e. The molecule has 1 nitrogen and oxygen atoms in total. The molecule has 0 heterocycles. The van der Waals surface area contributed by atoms with Gasteiger partial charge >= 0.3 is 0 Å². The second kappa shape index (κ2) is 5.75. The highest BCUT2D eigenvalue weighted by atomic mass is 14.3. The summed E-state index contributed by atoms with van der Waals surface area (Å²) in [6.07, 6.45) is 2.83. The van der Waals surface area contributed by atoms with Crippen LogP contribution in [-0.4, -0.2) is 0 Å². The summed E-state index contributed by atoms with van der Waals surface area (Å²) in [7, 11) is 0. The standard InChI is InChI=1S/C19H17N/c20-14-15-11-12-18(16-7-3-1-4-8-16)19(13-15)17-9-5-2-6-10-17/h1-10,15H,11-13H2. The van der Waals surface area contributed by atoms with Crippen molar-refractivity contribution in [2.24, 2.45) is 5.92 Å². The maximum absolute atomic E-state index is 9.24. The van der Waals surface area contributed by atoms with Crippen molar-refractivity contribution in [2.75, 3.05) is 0 Å². The van der Waals surface area contributed by atoms with E-state index >= 15 is 0 Å². The van der Waals surface area contributed by atoms with Crippen LogP contribution < -0.4 is 0 Å². The second-order valence-corrected chi connectivity index (χ2v) is 5.26. The van der Waals surface area contributed by atoms with E-state index in [4.69, 9.17) is 0 Å². The fourth-order valence-electron chi connectivity index (χ4n) is 2.94. The Kier molecular flexibility index (Phi) is 3.65. The average Bonchev–Trinajstić information content (AvgIpc) is 2.56. The molecule has 0 saturated heterocycles. The molecular weight excluding hydrogens is 242 g/mol. The molecule has 1 aliphatic carbocycles. The third-order valence-electron chi connectivity index (χ3n) is 3.98. The van der Waals surface area contributed by atoms with Crippen LogP contribution in [0.2, 0.25) is 0 Å². The smallest absolute Gasteiger partial charge is 0.0659 e. The molecule has 98 valence electrons. The lowest BCUT2D eigenvalue weighted by molar-refractivity contribution is 0.614. The van der Waals surface area contributed by atoms with Crippen LogP contribution in [0.1, 0.15) is 30.4 Å². The highest BCUT2D eigenvalue weighted by Gasteiger charge is 2.22. The predicted octanol–water partition coefficient (Wildman–Crippen LogP) is 4.92. The third-order valence-corrected chi connectivity index (χ3v) is 3.98. The summed E-state index contributed by atoms with van der Waals surface area (Å²) in [5, 5.41) is 9.24. The predicted molar refractivity (Wildman–Crippen MR) is 82.7 cm³/mol. The lowest BCUT2D eigenvalue weighted by atomic mass is 9.79. The molecule has 0 radical (unpaired) electrons. The van der Waals surface area contributed by atoms with Crippen LogP contribution in [0.3, 0.4) is 0 Å². The number of allylic oxidation sites excluding steroid dienone is 2. The summed E-state index contributed by atoms with van der Waals surface area (Å²) >= 11 is 0. The lowest BCUT2D eigenvalue weighted by Gasteiger charge is -2.24. The van der Waals surface area contributed by atoms with Crippen molar-refractivity contribution in [1.29, 1.82) is 5.26 Å². The Morgan fingerprint density at radius 3 is 1.90 bits per heavy atom. The van der Waals surface area contributed by atoms with E-state index in [1.807, 2.05) is 12.1 Å². The zero-order valence-corrected chi connectivity index (χ0v) is 11.4. The molecule has 0 spiro atoms. The first kappa shape index (κ1) is 12.7. The van der Waals surface area contributed by atoms with E-state index in [9.17, 15) is 5.26 Å². The number of benzene rings is 2. The van der Waals surface area contributed by atoms with E-state index in [-0.39, 0.29) is 5.92 Å². The van der Waals surface area contributed by atoms with Crippen molar-refractivity contribution in [3.8, 4) is 6.07 Å². The molecule has 0 N–H and O–H groups in total. The van der Waals surface area contributed by atoms with Gasteiger partial charge in [0.2, 0.25) is 0 Å². The lowest BCUT2D eigenvalue weighted by Crippen LogP contribution is -2.08. The Morgan fingerprint density at radius 1 is 0.800 bits per heavy atom. The Labute approximate surface area is 120 Å². The van der Waals surface area contributed by atoms with Gasteiger partial charge in [-0.05, 0) is 41.5 Å². The van der Waals surface area contributed by atoms with Gasteiger partial charge in [0.05, 0.1) is 12.0 Å². The van der Waals surface area contributed by atoms with Crippen LogP contribution in [0.4, 0.5) is 0 Å². The van der Waals surface area contributed by atoms with Gasteiger partial charge in [0.25, 0.3) is 0 Å². The van der Waals surface area contributed by atoms with Crippen LogP contribution in [0.5, 0.6) is 0 Å². The summed E-state index contributed by atoms with van der Waals surface area (Å²) in [6.45, 7) is 0. The van der Waals surface area contributed by atoms with Gasteiger partial charge in [0.15, 0.2) is 0 Å². The SMILES string of the molecule is N#CC1CCC(c2ccccc2)=C(c2ccccc2)C1. The number of nitrogens with zero attached hydrogens (tertiary/aromatic N) is 1. The second-order valence-electron chi connectivity index (χ2n) is 5.26. The number of rotatable bonds is 2. The van der Waals surface area contributed by atoms with Crippen LogP contribution in [0, 0.1) is 17.2 Å². The first-order chi connectivity index (χ1) is 9.88. The molecule has 0 saturated carbocycles. The number of hydrogen-bond acceptors (Lipinski definition) is 1. The van der Waals surface area contributed by atoms with Crippen molar-refractivity contribution in [1.82, 2.24) is 0 Å². The maximum atomic E-state index is 9.24. The zero-order valence-electron chi connectivity index (χ0n) is 11.4. The highest BCUT2D eigenvalue weighted by Crippen LogP contribution is 2.40. The molecule has 0 aliphatic heterocycles. The Morgan fingerprint density at radius 2 is 1.35 bits per heavy atom. The van der Waals surface area contributed by atoms with Gasteiger partial charge in [-0.1, -0.05) is 60.7 Å². The van der Waals surface area contributed by atoms with Crippen LogP contribution in [0.25, 0.3) is 11.1 Å². The molecule has 2 aromatic rings. The zero-order chi connectivity index (χ0) is 13.8. The summed E-state index contributed by atoms with van der Waals surface area (Å²) in [4.78, 5) is 0. The van der Waals surface area contributed by atoms with Crippen molar-refractivity contribution < 1.29 is 0 Å². The molecule has 0 bridgehead atoms. The minimum Gasteiger partial charge on any atom is -0.198 e. The van der Waals surface area contributed by atoms with Crippen LogP contribution in [0.15, 0.2) is 60.7 Å². The van der Waals surface area contributed by atoms with Gasteiger partial charge in [0, 0.05) is 0 Å². The van der Waals surface area contributed by atoms with E-state index in [0.29, 0.717) is 0 Å². The molecule has 1 atom stereocenters. The van der Waals surface area contributed by atoms with E-state index in [1.165, 1.54) is 22.3 Å². The van der Waals surface area contributed by atoms with Gasteiger partial charge in [-0.25, -0.2) is 0 Å². The van der Waals surface area contributed by atoms with Gasteiger partial charge in [0.1, 0.15) is 0 Å². The van der Waals surface area contributed by atoms with Gasteiger partial charge in [-0.15, -0.1) is 0 Å². The van der Waals surface area contributed by atoms with E-state index in [0.717, 1.165) is 19.3 Å². The number of hydrogen-bond donors (Lipinski definition) is 0. The molecule has 0 aromatic heterocycles. The van der Waals surface area contributed by atoms with E-state index < -0.39 is 0 Å². The topological polar surface area (TPSA) is 23.8 Å². The Hall–Kier alpha value is -2.33. The molecule has 1 unspecified atom stereocenters. The van der Waals surface area contributed by atoms with Crippen LogP contribution in [-0.2, 0) is 0 Å². The fourth-order valence-corrected chi connectivity index (χ4v) is 2.94.